The number of likely N-dealkylation sites (tertiary alicyclic amines) is 1. The normalized spacial score (nSPS) is 18.4. The van der Waals surface area contributed by atoms with Gasteiger partial charge in [-0.3, -0.25) is 15.0 Å². The maximum absolute atomic E-state index is 10.7. The Hall–Kier alpha value is -2.21. The molecule has 0 spiro atoms. The first-order valence-electron chi connectivity index (χ1n) is 8.08. The number of nitro groups is 1. The number of hydrogen-bond donors (Lipinski definition) is 0. The number of imidazole rings is 1. The second-order valence-corrected chi connectivity index (χ2v) is 6.13. The van der Waals surface area contributed by atoms with Crippen LogP contribution in [0.3, 0.4) is 0 Å². The summed E-state index contributed by atoms with van der Waals surface area (Å²) in [5.74, 6) is 1.06. The van der Waals surface area contributed by atoms with Crippen molar-refractivity contribution >= 4 is 5.69 Å². The molecule has 1 aromatic heterocycles. The van der Waals surface area contributed by atoms with Crippen molar-refractivity contribution in [3.8, 4) is 0 Å². The molecular weight excluding hydrogens is 292 g/mol. The van der Waals surface area contributed by atoms with Crippen LogP contribution in [-0.2, 0) is 13.0 Å². The molecular formula is C17H22N4O2. The van der Waals surface area contributed by atoms with Crippen LogP contribution < -0.4 is 0 Å². The largest absolute Gasteiger partial charge is 0.334 e. The van der Waals surface area contributed by atoms with Crippen LogP contribution in [0.4, 0.5) is 5.69 Å². The molecule has 2 aromatic rings. The molecule has 6 heteroatoms. The highest BCUT2D eigenvalue weighted by Crippen LogP contribution is 2.20. The van der Waals surface area contributed by atoms with Gasteiger partial charge in [-0.1, -0.05) is 12.1 Å². The van der Waals surface area contributed by atoms with E-state index in [4.69, 9.17) is 0 Å². The topological polar surface area (TPSA) is 64.2 Å². The molecule has 0 saturated carbocycles. The first kappa shape index (κ1) is 15.7. The summed E-state index contributed by atoms with van der Waals surface area (Å²) >= 11 is 0. The van der Waals surface area contributed by atoms with E-state index in [-0.39, 0.29) is 10.6 Å². The quantitative estimate of drug-likeness (QED) is 0.607. The van der Waals surface area contributed by atoms with Crippen molar-refractivity contribution in [1.29, 1.82) is 0 Å². The zero-order chi connectivity index (χ0) is 16.2. The first-order valence-corrected chi connectivity index (χ1v) is 8.08. The van der Waals surface area contributed by atoms with Gasteiger partial charge in [-0.15, -0.1) is 0 Å². The van der Waals surface area contributed by atoms with Crippen LogP contribution >= 0.6 is 0 Å². The minimum atomic E-state index is -0.353. The molecule has 1 atom stereocenters. The highest BCUT2D eigenvalue weighted by Gasteiger charge is 2.24. The Balaban J connectivity index is 1.56. The number of non-ortho nitro benzene ring substituents is 1. The molecule has 1 aliphatic heterocycles. The van der Waals surface area contributed by atoms with Gasteiger partial charge in [0.25, 0.3) is 5.69 Å². The van der Waals surface area contributed by atoms with Gasteiger partial charge in [0, 0.05) is 43.7 Å². The van der Waals surface area contributed by atoms with Gasteiger partial charge >= 0.3 is 0 Å². The van der Waals surface area contributed by atoms with Crippen LogP contribution in [0, 0.1) is 17.0 Å². The summed E-state index contributed by atoms with van der Waals surface area (Å²) in [6.45, 7) is 5.16. The zero-order valence-electron chi connectivity index (χ0n) is 13.4. The predicted octanol–water partition coefficient (Wildman–Crippen LogP) is 2.81. The van der Waals surface area contributed by atoms with Crippen LogP contribution in [0.25, 0.3) is 0 Å². The monoisotopic (exact) mass is 314 g/mol. The average Bonchev–Trinajstić information content (AvgIpc) is 3.16. The lowest BCUT2D eigenvalue weighted by Gasteiger charge is -2.25. The van der Waals surface area contributed by atoms with E-state index < -0.39 is 0 Å². The molecule has 3 rings (SSSR count). The lowest BCUT2D eigenvalue weighted by Crippen LogP contribution is -2.34. The average molecular weight is 314 g/mol. The molecule has 0 N–H and O–H groups in total. The Kier molecular flexibility index (Phi) is 4.71. The van der Waals surface area contributed by atoms with Crippen molar-refractivity contribution in [2.75, 3.05) is 13.1 Å². The summed E-state index contributed by atoms with van der Waals surface area (Å²) < 4.78 is 2.22. The van der Waals surface area contributed by atoms with Crippen molar-refractivity contribution in [1.82, 2.24) is 14.5 Å². The summed E-state index contributed by atoms with van der Waals surface area (Å²) in [5.41, 5.74) is 1.31. The van der Waals surface area contributed by atoms with E-state index in [1.165, 1.54) is 12.8 Å². The summed E-state index contributed by atoms with van der Waals surface area (Å²) in [4.78, 5) is 17.2. The number of rotatable bonds is 6. The van der Waals surface area contributed by atoms with Crippen molar-refractivity contribution in [3.63, 3.8) is 0 Å². The number of aryl methyl sites for hydroxylation is 1. The minimum Gasteiger partial charge on any atom is -0.334 e. The molecule has 2 heterocycles. The standard InChI is InChI=1S/C17H22N4O2/c1-14-18-9-12-20(14)13-17-3-2-10-19(17)11-8-15-4-6-16(7-5-15)21(22)23/h4-7,9,12,17H,2-3,8,10-11,13H2,1H3/t17-/m1/s1. The molecule has 1 aromatic carbocycles. The summed E-state index contributed by atoms with van der Waals surface area (Å²) in [6, 6.07) is 7.46. The second-order valence-electron chi connectivity index (χ2n) is 6.13. The molecule has 0 amide bonds. The van der Waals surface area contributed by atoms with Gasteiger partial charge in [0.15, 0.2) is 0 Å². The Labute approximate surface area is 135 Å². The van der Waals surface area contributed by atoms with Crippen molar-refractivity contribution in [2.24, 2.45) is 0 Å². The molecule has 23 heavy (non-hydrogen) atoms. The SMILES string of the molecule is Cc1nccn1C[C@H]1CCCN1CCc1ccc([N+](=O)[O-])cc1. The molecule has 1 aliphatic rings. The van der Waals surface area contributed by atoms with Gasteiger partial charge in [-0.25, -0.2) is 4.98 Å². The van der Waals surface area contributed by atoms with E-state index in [9.17, 15) is 10.1 Å². The van der Waals surface area contributed by atoms with E-state index in [1.54, 1.807) is 12.1 Å². The van der Waals surface area contributed by atoms with E-state index in [2.05, 4.69) is 14.5 Å². The van der Waals surface area contributed by atoms with Crippen LogP contribution in [0.5, 0.6) is 0 Å². The highest BCUT2D eigenvalue weighted by molar-refractivity contribution is 5.32. The summed E-state index contributed by atoms with van der Waals surface area (Å²) in [5, 5.41) is 10.7. The molecule has 0 radical (unpaired) electrons. The fourth-order valence-corrected chi connectivity index (χ4v) is 3.28. The smallest absolute Gasteiger partial charge is 0.269 e. The number of hydrogen-bond acceptors (Lipinski definition) is 4. The zero-order valence-corrected chi connectivity index (χ0v) is 13.4. The van der Waals surface area contributed by atoms with Crippen molar-refractivity contribution in [2.45, 2.75) is 38.8 Å². The van der Waals surface area contributed by atoms with Crippen molar-refractivity contribution in [3.05, 3.63) is 58.2 Å². The molecule has 6 nitrogen and oxygen atoms in total. The van der Waals surface area contributed by atoms with Gasteiger partial charge in [-0.2, -0.15) is 0 Å². The van der Waals surface area contributed by atoms with Crippen LogP contribution in [0.1, 0.15) is 24.2 Å². The lowest BCUT2D eigenvalue weighted by atomic mass is 10.1. The molecule has 1 saturated heterocycles. The number of aromatic nitrogens is 2. The first-order chi connectivity index (χ1) is 11.1. The van der Waals surface area contributed by atoms with Crippen LogP contribution in [0.15, 0.2) is 36.7 Å². The van der Waals surface area contributed by atoms with Gasteiger partial charge < -0.3 is 4.57 Å². The Morgan fingerprint density at radius 3 is 2.78 bits per heavy atom. The Morgan fingerprint density at radius 1 is 1.35 bits per heavy atom. The van der Waals surface area contributed by atoms with Gasteiger partial charge in [0.2, 0.25) is 0 Å². The van der Waals surface area contributed by atoms with E-state index in [0.29, 0.717) is 6.04 Å². The van der Waals surface area contributed by atoms with Crippen LogP contribution in [-0.4, -0.2) is 38.5 Å². The van der Waals surface area contributed by atoms with Crippen molar-refractivity contribution < 1.29 is 4.92 Å². The van der Waals surface area contributed by atoms with Gasteiger partial charge in [0.05, 0.1) is 4.92 Å². The predicted molar refractivity (Wildman–Crippen MR) is 88.4 cm³/mol. The lowest BCUT2D eigenvalue weighted by molar-refractivity contribution is -0.384. The molecule has 0 unspecified atom stereocenters. The van der Waals surface area contributed by atoms with Crippen LogP contribution in [0.2, 0.25) is 0 Å². The molecule has 0 bridgehead atoms. The highest BCUT2D eigenvalue weighted by atomic mass is 16.6. The number of nitrogens with zero attached hydrogens (tertiary/aromatic N) is 4. The summed E-state index contributed by atoms with van der Waals surface area (Å²) in [6.07, 6.45) is 7.28. The minimum absolute atomic E-state index is 0.156. The molecule has 1 fully saturated rings. The van der Waals surface area contributed by atoms with Gasteiger partial charge in [-0.05, 0) is 38.3 Å². The second kappa shape index (κ2) is 6.91. The van der Waals surface area contributed by atoms with E-state index in [1.807, 2.05) is 31.5 Å². The summed E-state index contributed by atoms with van der Waals surface area (Å²) in [7, 11) is 0. The van der Waals surface area contributed by atoms with E-state index >= 15 is 0 Å². The molecule has 122 valence electrons. The number of nitro benzene ring substituents is 1. The maximum Gasteiger partial charge on any atom is 0.269 e. The fraction of sp³-hybridized carbons (Fsp3) is 0.471. The third-order valence-corrected chi connectivity index (χ3v) is 4.67. The Bertz CT molecular complexity index is 665. The Morgan fingerprint density at radius 2 is 2.13 bits per heavy atom. The third kappa shape index (κ3) is 3.76. The number of benzene rings is 1. The fourth-order valence-electron chi connectivity index (χ4n) is 3.28. The van der Waals surface area contributed by atoms with E-state index in [0.717, 1.165) is 37.4 Å². The van der Waals surface area contributed by atoms with Gasteiger partial charge in [0.1, 0.15) is 5.82 Å². The molecule has 0 aliphatic carbocycles. The maximum atomic E-state index is 10.7. The third-order valence-electron chi connectivity index (χ3n) is 4.67.